The quantitative estimate of drug-likeness (QED) is 0.701. The highest BCUT2D eigenvalue weighted by Crippen LogP contribution is 2.30. The lowest BCUT2D eigenvalue weighted by Crippen LogP contribution is -2.23. The molecule has 20 heavy (non-hydrogen) atoms. The minimum atomic E-state index is 0.553. The Hall–Kier alpha value is -0.820. The van der Waals surface area contributed by atoms with Crippen molar-refractivity contribution in [3.05, 3.63) is 35.4 Å². The number of hydrogen-bond acceptors (Lipinski definition) is 1. The highest BCUT2D eigenvalue weighted by Gasteiger charge is 2.17. The lowest BCUT2D eigenvalue weighted by Gasteiger charge is -2.25. The zero-order valence-electron chi connectivity index (χ0n) is 13.3. The Labute approximate surface area is 125 Å². The van der Waals surface area contributed by atoms with Gasteiger partial charge in [-0.05, 0) is 44.2 Å². The second-order valence-corrected chi connectivity index (χ2v) is 6.50. The van der Waals surface area contributed by atoms with Gasteiger partial charge in [-0.2, -0.15) is 0 Å². The Morgan fingerprint density at radius 1 is 1.10 bits per heavy atom. The van der Waals surface area contributed by atoms with Gasteiger partial charge in [-0.3, -0.25) is 0 Å². The van der Waals surface area contributed by atoms with Gasteiger partial charge in [-0.15, -0.1) is 0 Å². The number of aryl methyl sites for hydroxylation is 1. The summed E-state index contributed by atoms with van der Waals surface area (Å²) in [6.45, 7) is 5.55. The Balaban J connectivity index is 1.90. The molecular weight excluding hydrogens is 242 g/mol. The summed E-state index contributed by atoms with van der Waals surface area (Å²) in [5, 5.41) is 3.74. The summed E-state index contributed by atoms with van der Waals surface area (Å²) >= 11 is 0. The summed E-state index contributed by atoms with van der Waals surface area (Å²) in [6, 6.07) is 9.66. The molecule has 1 aromatic rings. The van der Waals surface area contributed by atoms with E-state index in [1.165, 1.54) is 62.5 Å². The van der Waals surface area contributed by atoms with Gasteiger partial charge in [0.1, 0.15) is 0 Å². The van der Waals surface area contributed by atoms with Crippen molar-refractivity contribution < 1.29 is 0 Å². The molecule has 1 nitrogen and oxygen atoms in total. The summed E-state index contributed by atoms with van der Waals surface area (Å²) in [6.07, 6.45) is 11.2. The molecule has 0 bridgehead atoms. The second-order valence-electron chi connectivity index (χ2n) is 6.50. The van der Waals surface area contributed by atoms with Crippen LogP contribution in [0, 0.1) is 12.8 Å². The standard InChI is InChI=1S/C19H31N/c1-3-15-20-19(18-12-9-16(2)10-13-18)14-11-17-7-5-4-6-8-17/h9-10,12-13,17,19-20H,3-8,11,14-15H2,1-2H3. The summed E-state index contributed by atoms with van der Waals surface area (Å²) in [5.41, 5.74) is 2.83. The van der Waals surface area contributed by atoms with Crippen LogP contribution in [0.5, 0.6) is 0 Å². The highest BCUT2D eigenvalue weighted by molar-refractivity contribution is 5.24. The van der Waals surface area contributed by atoms with Gasteiger partial charge in [0.05, 0.1) is 0 Å². The number of rotatable bonds is 7. The summed E-state index contributed by atoms with van der Waals surface area (Å²) in [7, 11) is 0. The highest BCUT2D eigenvalue weighted by atomic mass is 14.9. The molecule has 1 fully saturated rings. The average molecular weight is 273 g/mol. The monoisotopic (exact) mass is 273 g/mol. The van der Waals surface area contributed by atoms with E-state index >= 15 is 0 Å². The van der Waals surface area contributed by atoms with E-state index in [0.717, 1.165) is 12.5 Å². The van der Waals surface area contributed by atoms with Gasteiger partial charge in [-0.1, -0.05) is 68.9 Å². The van der Waals surface area contributed by atoms with Crippen molar-refractivity contribution in [2.24, 2.45) is 5.92 Å². The molecule has 1 N–H and O–H groups in total. The van der Waals surface area contributed by atoms with Crippen LogP contribution in [0.4, 0.5) is 0 Å². The first-order chi connectivity index (χ1) is 9.79. The zero-order chi connectivity index (χ0) is 14.2. The molecule has 0 aromatic heterocycles. The van der Waals surface area contributed by atoms with Gasteiger partial charge in [0.25, 0.3) is 0 Å². The fourth-order valence-electron chi connectivity index (χ4n) is 3.38. The van der Waals surface area contributed by atoms with Crippen molar-refractivity contribution in [2.75, 3.05) is 6.54 Å². The Morgan fingerprint density at radius 2 is 1.80 bits per heavy atom. The Bertz CT molecular complexity index is 362. The molecule has 1 saturated carbocycles. The maximum absolute atomic E-state index is 3.74. The minimum Gasteiger partial charge on any atom is -0.310 e. The molecule has 2 rings (SSSR count). The first-order valence-electron chi connectivity index (χ1n) is 8.59. The fraction of sp³-hybridized carbons (Fsp3) is 0.684. The predicted octanol–water partition coefficient (Wildman–Crippen LogP) is 5.40. The Kier molecular flexibility index (Phi) is 6.59. The van der Waals surface area contributed by atoms with E-state index in [1.54, 1.807) is 0 Å². The van der Waals surface area contributed by atoms with Crippen LogP contribution < -0.4 is 5.32 Å². The van der Waals surface area contributed by atoms with Crippen LogP contribution in [0.2, 0.25) is 0 Å². The van der Waals surface area contributed by atoms with Gasteiger partial charge in [0, 0.05) is 6.04 Å². The van der Waals surface area contributed by atoms with E-state index in [-0.39, 0.29) is 0 Å². The van der Waals surface area contributed by atoms with E-state index < -0.39 is 0 Å². The topological polar surface area (TPSA) is 12.0 Å². The minimum absolute atomic E-state index is 0.553. The molecule has 1 aliphatic carbocycles. The number of benzene rings is 1. The molecular formula is C19H31N. The molecule has 1 heteroatoms. The number of hydrogen-bond donors (Lipinski definition) is 1. The molecule has 1 aliphatic rings. The summed E-state index contributed by atoms with van der Waals surface area (Å²) in [4.78, 5) is 0. The molecule has 1 unspecified atom stereocenters. The van der Waals surface area contributed by atoms with Gasteiger partial charge in [-0.25, -0.2) is 0 Å². The van der Waals surface area contributed by atoms with E-state index in [0.29, 0.717) is 6.04 Å². The second kappa shape index (κ2) is 8.46. The van der Waals surface area contributed by atoms with Crippen molar-refractivity contribution in [1.82, 2.24) is 5.32 Å². The van der Waals surface area contributed by atoms with Crippen LogP contribution in [0.25, 0.3) is 0 Å². The van der Waals surface area contributed by atoms with Crippen molar-refractivity contribution >= 4 is 0 Å². The van der Waals surface area contributed by atoms with Crippen LogP contribution >= 0.6 is 0 Å². The maximum Gasteiger partial charge on any atom is 0.0320 e. The van der Waals surface area contributed by atoms with Crippen molar-refractivity contribution in [3.8, 4) is 0 Å². The zero-order valence-corrected chi connectivity index (χ0v) is 13.3. The van der Waals surface area contributed by atoms with E-state index in [9.17, 15) is 0 Å². The Morgan fingerprint density at radius 3 is 2.45 bits per heavy atom. The number of nitrogens with one attached hydrogen (secondary N) is 1. The van der Waals surface area contributed by atoms with E-state index in [2.05, 4.69) is 43.4 Å². The largest absolute Gasteiger partial charge is 0.310 e. The maximum atomic E-state index is 3.74. The lowest BCUT2D eigenvalue weighted by atomic mass is 9.84. The first kappa shape index (κ1) is 15.6. The van der Waals surface area contributed by atoms with E-state index in [4.69, 9.17) is 0 Å². The smallest absolute Gasteiger partial charge is 0.0320 e. The van der Waals surface area contributed by atoms with Gasteiger partial charge >= 0.3 is 0 Å². The summed E-state index contributed by atoms with van der Waals surface area (Å²) in [5.74, 6) is 0.986. The predicted molar refractivity (Wildman–Crippen MR) is 88.0 cm³/mol. The lowest BCUT2D eigenvalue weighted by molar-refractivity contribution is 0.314. The van der Waals surface area contributed by atoms with E-state index in [1.807, 2.05) is 0 Å². The van der Waals surface area contributed by atoms with Crippen LogP contribution in [0.3, 0.4) is 0 Å². The normalized spacial score (nSPS) is 18.1. The molecule has 0 aliphatic heterocycles. The van der Waals surface area contributed by atoms with Crippen molar-refractivity contribution in [3.63, 3.8) is 0 Å². The molecule has 0 radical (unpaired) electrons. The van der Waals surface area contributed by atoms with Crippen LogP contribution in [0.15, 0.2) is 24.3 Å². The third kappa shape index (κ3) is 4.94. The molecule has 0 amide bonds. The summed E-state index contributed by atoms with van der Waals surface area (Å²) < 4.78 is 0. The SMILES string of the molecule is CCCNC(CCC1CCCCC1)c1ccc(C)cc1. The third-order valence-electron chi connectivity index (χ3n) is 4.71. The van der Waals surface area contributed by atoms with Crippen LogP contribution in [0.1, 0.15) is 75.5 Å². The van der Waals surface area contributed by atoms with Crippen molar-refractivity contribution in [1.29, 1.82) is 0 Å². The van der Waals surface area contributed by atoms with Gasteiger partial charge in [0.2, 0.25) is 0 Å². The molecule has 1 aromatic carbocycles. The van der Waals surface area contributed by atoms with Crippen molar-refractivity contribution in [2.45, 2.75) is 71.3 Å². The molecule has 0 heterocycles. The molecule has 0 saturated heterocycles. The van der Waals surface area contributed by atoms with Gasteiger partial charge in [0.15, 0.2) is 0 Å². The molecule has 1 atom stereocenters. The first-order valence-corrected chi connectivity index (χ1v) is 8.59. The molecule has 112 valence electrons. The van der Waals surface area contributed by atoms with Crippen LogP contribution in [-0.4, -0.2) is 6.54 Å². The molecule has 0 spiro atoms. The average Bonchev–Trinajstić information content (AvgIpc) is 2.50. The van der Waals surface area contributed by atoms with Crippen LogP contribution in [-0.2, 0) is 0 Å². The van der Waals surface area contributed by atoms with Gasteiger partial charge < -0.3 is 5.32 Å². The third-order valence-corrected chi connectivity index (χ3v) is 4.71. The fourth-order valence-corrected chi connectivity index (χ4v) is 3.38.